The largest absolute Gasteiger partial charge is 0.244 e. The van der Waals surface area contributed by atoms with Gasteiger partial charge in [0.15, 0.2) is 0 Å². The average Bonchev–Trinajstić information content (AvgIpc) is 3.25. The van der Waals surface area contributed by atoms with Crippen molar-refractivity contribution < 1.29 is 8.42 Å². The summed E-state index contributed by atoms with van der Waals surface area (Å²) in [5, 5.41) is 0. The van der Waals surface area contributed by atoms with Crippen LogP contribution in [0.25, 0.3) is 0 Å². The summed E-state index contributed by atoms with van der Waals surface area (Å²) in [4.78, 5) is 0.369. The van der Waals surface area contributed by atoms with Crippen molar-refractivity contribution in [2.75, 3.05) is 13.1 Å². The van der Waals surface area contributed by atoms with Gasteiger partial charge in [0.2, 0.25) is 10.0 Å². The molecule has 0 aliphatic heterocycles. The number of nitrogens with zero attached hydrogens (tertiary/aromatic N) is 1. The second kappa shape index (κ2) is 5.71. The Morgan fingerprint density at radius 2 is 1.60 bits per heavy atom. The van der Waals surface area contributed by atoms with Crippen LogP contribution in [0.4, 0.5) is 0 Å². The van der Waals surface area contributed by atoms with Crippen LogP contribution in [0.5, 0.6) is 0 Å². The van der Waals surface area contributed by atoms with Crippen LogP contribution in [-0.2, 0) is 10.0 Å². The Kier molecular flexibility index (Phi) is 4.28. The maximum atomic E-state index is 12.9. The fraction of sp³-hybridized carbons (Fsp3) is 0.571. The Morgan fingerprint density at radius 1 is 1.05 bits per heavy atom. The molecule has 3 rings (SSSR count). The molecule has 0 radical (unpaired) electrons. The summed E-state index contributed by atoms with van der Waals surface area (Å²) in [6, 6.07) is 5.31. The van der Waals surface area contributed by atoms with E-state index in [2.05, 4.69) is 31.9 Å². The third kappa shape index (κ3) is 3.46. The van der Waals surface area contributed by atoms with Gasteiger partial charge >= 0.3 is 0 Å². The van der Waals surface area contributed by atoms with Crippen molar-refractivity contribution in [3.63, 3.8) is 0 Å². The highest BCUT2D eigenvalue weighted by Crippen LogP contribution is 2.37. The van der Waals surface area contributed by atoms with Crippen LogP contribution in [0.2, 0.25) is 0 Å². The summed E-state index contributed by atoms with van der Waals surface area (Å²) < 4.78 is 28.9. The van der Waals surface area contributed by atoms with Gasteiger partial charge in [-0.15, -0.1) is 0 Å². The Hall–Kier alpha value is 0.0900. The van der Waals surface area contributed by atoms with E-state index < -0.39 is 10.0 Å². The van der Waals surface area contributed by atoms with E-state index in [1.807, 2.05) is 6.07 Å². The van der Waals surface area contributed by atoms with Gasteiger partial charge < -0.3 is 0 Å². The van der Waals surface area contributed by atoms with Crippen molar-refractivity contribution in [3.8, 4) is 0 Å². The molecule has 1 aromatic rings. The topological polar surface area (TPSA) is 37.4 Å². The molecule has 0 heterocycles. The fourth-order valence-electron chi connectivity index (χ4n) is 2.26. The molecule has 6 heteroatoms. The van der Waals surface area contributed by atoms with Crippen LogP contribution in [0.1, 0.15) is 25.7 Å². The molecule has 0 saturated heterocycles. The summed E-state index contributed by atoms with van der Waals surface area (Å²) >= 11 is 6.73. The lowest BCUT2D eigenvalue weighted by Gasteiger charge is -2.22. The van der Waals surface area contributed by atoms with E-state index in [-0.39, 0.29) is 0 Å². The summed E-state index contributed by atoms with van der Waals surface area (Å²) in [5.41, 5.74) is 0. The number of hydrogen-bond acceptors (Lipinski definition) is 2. The highest BCUT2D eigenvalue weighted by atomic mass is 79.9. The van der Waals surface area contributed by atoms with Crippen molar-refractivity contribution in [1.82, 2.24) is 4.31 Å². The molecule has 0 spiro atoms. The van der Waals surface area contributed by atoms with Gasteiger partial charge in [0.05, 0.1) is 4.90 Å². The van der Waals surface area contributed by atoms with Crippen molar-refractivity contribution in [2.24, 2.45) is 11.8 Å². The number of sulfonamides is 1. The molecule has 2 aliphatic carbocycles. The first kappa shape index (κ1) is 15.0. The number of hydrogen-bond donors (Lipinski definition) is 0. The molecule has 2 aliphatic rings. The molecule has 3 nitrogen and oxygen atoms in total. The molecule has 0 N–H and O–H groups in total. The highest BCUT2D eigenvalue weighted by Gasteiger charge is 2.36. The lowest BCUT2D eigenvalue weighted by atomic mass is 10.4. The molecule has 110 valence electrons. The summed E-state index contributed by atoms with van der Waals surface area (Å²) in [7, 11) is -3.41. The van der Waals surface area contributed by atoms with E-state index in [0.717, 1.165) is 30.2 Å². The Bertz CT molecular complexity index is 596. The first-order valence-electron chi connectivity index (χ1n) is 6.92. The third-order valence-corrected chi connectivity index (χ3v) is 7.15. The normalized spacial score (nSPS) is 19.6. The van der Waals surface area contributed by atoms with E-state index in [1.165, 1.54) is 0 Å². The second-order valence-corrected chi connectivity index (χ2v) is 9.46. The highest BCUT2D eigenvalue weighted by molar-refractivity contribution is 9.11. The minimum Gasteiger partial charge on any atom is -0.207 e. The average molecular weight is 423 g/mol. The Morgan fingerprint density at radius 3 is 2.10 bits per heavy atom. The molecule has 0 amide bonds. The molecule has 2 saturated carbocycles. The minimum absolute atomic E-state index is 0.369. The van der Waals surface area contributed by atoms with Gasteiger partial charge in [-0.25, -0.2) is 8.42 Å². The van der Waals surface area contributed by atoms with E-state index in [0.29, 0.717) is 34.3 Å². The standard InChI is InChI=1S/C14H17Br2NO2S/c15-12-5-6-13(16)14(7-12)20(18,19)17(8-10-1-2-10)9-11-3-4-11/h5-7,10-11H,1-4,8-9H2. The molecule has 0 atom stereocenters. The Balaban J connectivity index is 1.91. The molecule has 1 aromatic carbocycles. The maximum Gasteiger partial charge on any atom is 0.244 e. The predicted octanol–water partition coefficient (Wildman–Crippen LogP) is 4.02. The molecule has 2 fully saturated rings. The molecule has 0 bridgehead atoms. The SMILES string of the molecule is O=S(=O)(c1cc(Br)ccc1Br)N(CC1CC1)CC1CC1. The number of rotatable bonds is 6. The van der Waals surface area contributed by atoms with Crippen LogP contribution in [0, 0.1) is 11.8 Å². The smallest absolute Gasteiger partial charge is 0.207 e. The van der Waals surface area contributed by atoms with Crippen molar-refractivity contribution >= 4 is 41.9 Å². The van der Waals surface area contributed by atoms with Crippen molar-refractivity contribution in [3.05, 3.63) is 27.1 Å². The van der Waals surface area contributed by atoms with Gasteiger partial charge in [-0.1, -0.05) is 15.9 Å². The van der Waals surface area contributed by atoms with Crippen LogP contribution in [0.3, 0.4) is 0 Å². The van der Waals surface area contributed by atoms with Gasteiger partial charge in [-0.05, 0) is 71.6 Å². The predicted molar refractivity (Wildman–Crippen MR) is 86.0 cm³/mol. The molecule has 0 unspecified atom stereocenters. The molecule has 20 heavy (non-hydrogen) atoms. The van der Waals surface area contributed by atoms with Crippen LogP contribution < -0.4 is 0 Å². The van der Waals surface area contributed by atoms with Gasteiger partial charge in [0.25, 0.3) is 0 Å². The first-order valence-corrected chi connectivity index (χ1v) is 9.94. The monoisotopic (exact) mass is 421 g/mol. The summed E-state index contributed by atoms with van der Waals surface area (Å²) in [6.45, 7) is 1.36. The van der Waals surface area contributed by atoms with Gasteiger partial charge in [0.1, 0.15) is 0 Å². The second-order valence-electron chi connectivity index (χ2n) is 5.78. The summed E-state index contributed by atoms with van der Waals surface area (Å²) in [6.07, 6.45) is 4.65. The van der Waals surface area contributed by atoms with Crippen molar-refractivity contribution in [2.45, 2.75) is 30.6 Å². The van der Waals surface area contributed by atoms with E-state index >= 15 is 0 Å². The van der Waals surface area contributed by atoms with E-state index in [1.54, 1.807) is 16.4 Å². The first-order chi connectivity index (χ1) is 9.46. The van der Waals surface area contributed by atoms with Crippen LogP contribution in [0.15, 0.2) is 32.0 Å². The number of benzene rings is 1. The lowest BCUT2D eigenvalue weighted by molar-refractivity contribution is 0.382. The minimum atomic E-state index is -3.41. The molecular weight excluding hydrogens is 406 g/mol. The van der Waals surface area contributed by atoms with Gasteiger partial charge in [-0.3, -0.25) is 0 Å². The molecular formula is C14H17Br2NO2S. The zero-order valence-electron chi connectivity index (χ0n) is 11.1. The van der Waals surface area contributed by atoms with Crippen molar-refractivity contribution in [1.29, 1.82) is 0 Å². The van der Waals surface area contributed by atoms with E-state index in [4.69, 9.17) is 0 Å². The van der Waals surface area contributed by atoms with E-state index in [9.17, 15) is 8.42 Å². The maximum absolute atomic E-state index is 12.9. The fourth-order valence-corrected chi connectivity index (χ4v) is 5.32. The zero-order chi connectivity index (χ0) is 14.3. The summed E-state index contributed by atoms with van der Waals surface area (Å²) in [5.74, 6) is 1.13. The van der Waals surface area contributed by atoms with Gasteiger partial charge in [0, 0.05) is 22.0 Å². The van der Waals surface area contributed by atoms with Crippen LogP contribution >= 0.6 is 31.9 Å². The quantitative estimate of drug-likeness (QED) is 0.694. The number of halogens is 2. The zero-order valence-corrected chi connectivity index (χ0v) is 15.0. The lowest BCUT2D eigenvalue weighted by Crippen LogP contribution is -2.35. The third-order valence-electron chi connectivity index (χ3n) is 3.83. The Labute approximate surface area is 137 Å². The van der Waals surface area contributed by atoms with Crippen LogP contribution in [-0.4, -0.2) is 25.8 Å². The van der Waals surface area contributed by atoms with Gasteiger partial charge in [-0.2, -0.15) is 4.31 Å². The molecule has 0 aromatic heterocycles.